The van der Waals surface area contributed by atoms with E-state index in [0.717, 1.165) is 16.7 Å². The number of amides is 1. The molecule has 2 aromatic carbocycles. The van der Waals surface area contributed by atoms with Crippen LogP contribution in [0, 0.1) is 20.8 Å². The minimum absolute atomic E-state index is 0.365. The molecule has 5 heteroatoms. The van der Waals surface area contributed by atoms with Gasteiger partial charge in [-0.3, -0.25) is 4.79 Å². The van der Waals surface area contributed by atoms with E-state index in [1.807, 2.05) is 32.9 Å². The minimum Gasteiger partial charge on any atom is -0.452 e. The van der Waals surface area contributed by atoms with E-state index in [-0.39, 0.29) is 6.61 Å². The minimum atomic E-state index is -0.526. The topological polar surface area (TPSA) is 55.4 Å². The molecule has 0 saturated heterocycles. The lowest BCUT2D eigenvalue weighted by Crippen LogP contribution is -2.21. The second-order valence-electron chi connectivity index (χ2n) is 5.48. The Bertz CT molecular complexity index is 736. The summed E-state index contributed by atoms with van der Waals surface area (Å²) in [5.41, 5.74) is 3.85. The van der Waals surface area contributed by atoms with Crippen molar-refractivity contribution in [3.8, 4) is 0 Å². The lowest BCUT2D eigenvalue weighted by molar-refractivity contribution is -0.119. The number of benzene rings is 2. The van der Waals surface area contributed by atoms with Gasteiger partial charge in [-0.2, -0.15) is 0 Å². The van der Waals surface area contributed by atoms with E-state index < -0.39 is 11.9 Å². The number of esters is 1. The van der Waals surface area contributed by atoms with Crippen LogP contribution >= 0.6 is 11.6 Å². The quantitative estimate of drug-likeness (QED) is 0.859. The van der Waals surface area contributed by atoms with Crippen LogP contribution in [0.3, 0.4) is 0 Å². The summed E-state index contributed by atoms with van der Waals surface area (Å²) in [6.07, 6.45) is 0. The van der Waals surface area contributed by atoms with E-state index in [0.29, 0.717) is 16.3 Å². The van der Waals surface area contributed by atoms with Crippen molar-refractivity contribution in [3.63, 3.8) is 0 Å². The molecule has 1 amide bonds. The Balaban J connectivity index is 1.94. The van der Waals surface area contributed by atoms with Crippen molar-refractivity contribution in [2.24, 2.45) is 0 Å². The van der Waals surface area contributed by atoms with Gasteiger partial charge in [-0.1, -0.05) is 34.9 Å². The summed E-state index contributed by atoms with van der Waals surface area (Å²) in [4.78, 5) is 23.9. The summed E-state index contributed by atoms with van der Waals surface area (Å²) in [6, 6.07) is 10.7. The fraction of sp³-hybridized carbons (Fsp3) is 0.222. The van der Waals surface area contributed by atoms with Gasteiger partial charge in [-0.05, 0) is 50.6 Å². The monoisotopic (exact) mass is 331 g/mol. The first-order valence-electron chi connectivity index (χ1n) is 7.16. The van der Waals surface area contributed by atoms with Crippen LogP contribution in [0.1, 0.15) is 27.0 Å². The molecule has 0 aliphatic heterocycles. The third kappa shape index (κ3) is 4.83. The molecule has 0 bridgehead atoms. The second-order valence-corrected chi connectivity index (χ2v) is 5.89. The first-order chi connectivity index (χ1) is 10.8. The van der Waals surface area contributed by atoms with Gasteiger partial charge in [0.1, 0.15) is 0 Å². The highest BCUT2D eigenvalue weighted by molar-refractivity contribution is 6.33. The summed E-state index contributed by atoms with van der Waals surface area (Å²) in [5, 5.41) is 3.06. The Hall–Kier alpha value is -2.33. The largest absolute Gasteiger partial charge is 0.452 e. The summed E-state index contributed by atoms with van der Waals surface area (Å²) in [5.74, 6) is -0.963. The molecule has 0 aliphatic rings. The van der Waals surface area contributed by atoms with E-state index in [4.69, 9.17) is 16.3 Å². The molecule has 0 heterocycles. The molecular weight excluding hydrogens is 314 g/mol. The van der Waals surface area contributed by atoms with Crippen molar-refractivity contribution < 1.29 is 14.3 Å². The predicted molar refractivity (Wildman–Crippen MR) is 91.0 cm³/mol. The number of halogens is 1. The Morgan fingerprint density at radius 2 is 1.65 bits per heavy atom. The smallest absolute Gasteiger partial charge is 0.338 e. The molecule has 0 aliphatic carbocycles. The van der Waals surface area contributed by atoms with Crippen molar-refractivity contribution in [2.45, 2.75) is 20.8 Å². The molecule has 0 saturated carbocycles. The Morgan fingerprint density at radius 3 is 2.26 bits per heavy atom. The fourth-order valence-electron chi connectivity index (χ4n) is 2.21. The molecule has 2 rings (SSSR count). The average molecular weight is 332 g/mol. The normalized spacial score (nSPS) is 10.3. The number of hydrogen-bond acceptors (Lipinski definition) is 3. The van der Waals surface area contributed by atoms with E-state index in [1.54, 1.807) is 24.3 Å². The number of carbonyl (C=O) groups is 2. The third-order valence-electron chi connectivity index (χ3n) is 3.19. The lowest BCUT2D eigenvalue weighted by atomic mass is 10.1. The molecule has 2 aromatic rings. The Kier molecular flexibility index (Phi) is 5.40. The molecular formula is C18H18ClNO3. The van der Waals surface area contributed by atoms with Crippen molar-refractivity contribution in [2.75, 3.05) is 11.9 Å². The van der Waals surface area contributed by atoms with E-state index >= 15 is 0 Å². The van der Waals surface area contributed by atoms with E-state index in [9.17, 15) is 9.59 Å². The molecule has 4 nitrogen and oxygen atoms in total. The van der Waals surface area contributed by atoms with Gasteiger partial charge in [-0.15, -0.1) is 0 Å². The standard InChI is InChI=1S/C18H18ClNO3/c1-11-4-5-16(15(19)9-11)20-17(21)10-23-18(22)14-7-12(2)6-13(3)8-14/h4-9H,10H2,1-3H3,(H,20,21). The van der Waals surface area contributed by atoms with Gasteiger partial charge in [0.05, 0.1) is 16.3 Å². The van der Waals surface area contributed by atoms with Gasteiger partial charge >= 0.3 is 5.97 Å². The van der Waals surface area contributed by atoms with Gasteiger partial charge in [0, 0.05) is 0 Å². The Morgan fingerprint density at radius 1 is 1.00 bits per heavy atom. The van der Waals surface area contributed by atoms with E-state index in [2.05, 4.69) is 5.32 Å². The predicted octanol–water partition coefficient (Wildman–Crippen LogP) is 4.06. The first-order valence-corrected chi connectivity index (χ1v) is 7.54. The van der Waals surface area contributed by atoms with Gasteiger partial charge in [-0.25, -0.2) is 4.79 Å². The van der Waals surface area contributed by atoms with Gasteiger partial charge < -0.3 is 10.1 Å². The van der Waals surface area contributed by atoms with Crippen LogP contribution in [-0.2, 0) is 9.53 Å². The number of anilines is 1. The molecule has 0 atom stereocenters. The Labute approximate surface area is 140 Å². The summed E-state index contributed by atoms with van der Waals surface area (Å²) in [7, 11) is 0. The van der Waals surface area contributed by atoms with Gasteiger partial charge in [0.25, 0.3) is 5.91 Å². The zero-order valence-corrected chi connectivity index (χ0v) is 14.0. The zero-order chi connectivity index (χ0) is 17.0. The average Bonchev–Trinajstić information content (AvgIpc) is 2.46. The van der Waals surface area contributed by atoms with Crippen LogP contribution in [0.2, 0.25) is 5.02 Å². The molecule has 0 fully saturated rings. The van der Waals surface area contributed by atoms with Crippen LogP contribution in [0.4, 0.5) is 5.69 Å². The van der Waals surface area contributed by atoms with E-state index in [1.165, 1.54) is 0 Å². The first kappa shape index (κ1) is 17.0. The maximum absolute atomic E-state index is 12.0. The third-order valence-corrected chi connectivity index (χ3v) is 3.50. The molecule has 0 radical (unpaired) electrons. The van der Waals surface area contributed by atoms with Crippen LogP contribution < -0.4 is 5.32 Å². The van der Waals surface area contributed by atoms with Gasteiger partial charge in [0.2, 0.25) is 0 Å². The molecule has 0 aromatic heterocycles. The van der Waals surface area contributed by atoms with Crippen LogP contribution in [0.25, 0.3) is 0 Å². The highest BCUT2D eigenvalue weighted by Crippen LogP contribution is 2.22. The van der Waals surface area contributed by atoms with Crippen molar-refractivity contribution >= 4 is 29.2 Å². The number of nitrogens with one attached hydrogen (secondary N) is 1. The molecule has 0 spiro atoms. The van der Waals surface area contributed by atoms with Crippen molar-refractivity contribution in [1.29, 1.82) is 0 Å². The number of aryl methyl sites for hydroxylation is 3. The summed E-state index contributed by atoms with van der Waals surface area (Å²) < 4.78 is 5.04. The van der Waals surface area contributed by atoms with Crippen LogP contribution in [0.15, 0.2) is 36.4 Å². The highest BCUT2D eigenvalue weighted by atomic mass is 35.5. The number of ether oxygens (including phenoxy) is 1. The number of hydrogen-bond donors (Lipinski definition) is 1. The molecule has 120 valence electrons. The van der Waals surface area contributed by atoms with Gasteiger partial charge in [0.15, 0.2) is 6.61 Å². The van der Waals surface area contributed by atoms with Crippen molar-refractivity contribution in [1.82, 2.24) is 0 Å². The van der Waals surface area contributed by atoms with Crippen LogP contribution in [0.5, 0.6) is 0 Å². The zero-order valence-electron chi connectivity index (χ0n) is 13.3. The number of carbonyl (C=O) groups excluding carboxylic acids is 2. The molecule has 23 heavy (non-hydrogen) atoms. The summed E-state index contributed by atoms with van der Waals surface area (Å²) in [6.45, 7) is 5.34. The highest BCUT2D eigenvalue weighted by Gasteiger charge is 2.12. The molecule has 0 unspecified atom stereocenters. The lowest BCUT2D eigenvalue weighted by Gasteiger charge is -2.09. The fourth-order valence-corrected chi connectivity index (χ4v) is 2.50. The maximum atomic E-state index is 12.0. The van der Waals surface area contributed by atoms with Crippen molar-refractivity contribution in [3.05, 3.63) is 63.7 Å². The second kappa shape index (κ2) is 7.29. The molecule has 1 N–H and O–H groups in total. The number of rotatable bonds is 4. The summed E-state index contributed by atoms with van der Waals surface area (Å²) >= 11 is 6.04. The van der Waals surface area contributed by atoms with Crippen LogP contribution in [-0.4, -0.2) is 18.5 Å². The maximum Gasteiger partial charge on any atom is 0.338 e. The SMILES string of the molecule is Cc1cc(C)cc(C(=O)OCC(=O)Nc2ccc(C)cc2Cl)c1.